The first-order valence-corrected chi connectivity index (χ1v) is 10.7. The third kappa shape index (κ3) is 8.72. The number of aryl methyl sites for hydroxylation is 1. The van der Waals surface area contributed by atoms with Gasteiger partial charge in [-0.05, 0) is 18.4 Å². The van der Waals surface area contributed by atoms with Crippen molar-refractivity contribution in [1.29, 1.82) is 0 Å². The average Bonchev–Trinajstić information content (AvgIpc) is 2.64. The Bertz CT molecular complexity index is 615. The minimum absolute atomic E-state index is 0.340. The number of carboxylic acids is 1. The molecule has 0 atom stereocenters. The highest BCUT2D eigenvalue weighted by atomic mass is 16.6. The number of aromatic carboxylic acids is 1. The predicted molar refractivity (Wildman–Crippen MR) is 111 cm³/mol. The number of nitro groups is 1. The quantitative estimate of drug-likeness (QED) is 0.186. The number of nitro benzene ring substituents is 1. The fraction of sp³-hybridized carbons (Fsp3) is 0.682. The van der Waals surface area contributed by atoms with E-state index in [0.29, 0.717) is 12.0 Å². The summed E-state index contributed by atoms with van der Waals surface area (Å²) in [5.74, 6) is -2.07. The Balaban J connectivity index is 2.21. The highest BCUT2D eigenvalue weighted by Crippen LogP contribution is 2.33. The van der Waals surface area contributed by atoms with Gasteiger partial charge in [0.05, 0.1) is 4.92 Å². The van der Waals surface area contributed by atoms with E-state index in [1.165, 1.54) is 76.3 Å². The summed E-state index contributed by atoms with van der Waals surface area (Å²) in [5, 5.41) is 30.0. The highest BCUT2D eigenvalue weighted by Gasteiger charge is 2.24. The molecule has 6 nitrogen and oxygen atoms in total. The molecule has 1 aromatic rings. The van der Waals surface area contributed by atoms with Gasteiger partial charge in [0.15, 0.2) is 0 Å². The van der Waals surface area contributed by atoms with Gasteiger partial charge in [0.1, 0.15) is 5.56 Å². The third-order valence-corrected chi connectivity index (χ3v) is 5.20. The van der Waals surface area contributed by atoms with Gasteiger partial charge in [-0.3, -0.25) is 10.1 Å². The van der Waals surface area contributed by atoms with Crippen LogP contribution in [0.25, 0.3) is 0 Å². The van der Waals surface area contributed by atoms with Gasteiger partial charge >= 0.3 is 11.7 Å². The summed E-state index contributed by atoms with van der Waals surface area (Å²) < 4.78 is 0. The van der Waals surface area contributed by atoms with Crippen LogP contribution in [0.4, 0.5) is 5.69 Å². The Hall–Kier alpha value is -2.11. The van der Waals surface area contributed by atoms with Gasteiger partial charge in [-0.25, -0.2) is 4.79 Å². The van der Waals surface area contributed by atoms with Crippen LogP contribution in [0.5, 0.6) is 5.75 Å². The Labute approximate surface area is 168 Å². The molecule has 1 aromatic carbocycles. The van der Waals surface area contributed by atoms with Crippen LogP contribution in [0, 0.1) is 10.1 Å². The van der Waals surface area contributed by atoms with Gasteiger partial charge in [0, 0.05) is 6.07 Å². The minimum atomic E-state index is -1.33. The molecule has 0 amide bonds. The van der Waals surface area contributed by atoms with Crippen LogP contribution in [0.2, 0.25) is 0 Å². The third-order valence-electron chi connectivity index (χ3n) is 5.20. The molecular formula is C22H35NO5. The molecule has 0 fully saturated rings. The smallest absolute Gasteiger partial charge is 0.340 e. The second-order valence-corrected chi connectivity index (χ2v) is 7.52. The van der Waals surface area contributed by atoms with Crippen molar-refractivity contribution in [3.05, 3.63) is 33.4 Å². The Morgan fingerprint density at radius 1 is 0.893 bits per heavy atom. The molecule has 1 rings (SSSR count). The summed E-state index contributed by atoms with van der Waals surface area (Å²) >= 11 is 0. The largest absolute Gasteiger partial charge is 0.501 e. The average molecular weight is 394 g/mol. The van der Waals surface area contributed by atoms with Gasteiger partial charge in [0.2, 0.25) is 5.75 Å². The van der Waals surface area contributed by atoms with E-state index in [1.807, 2.05) is 0 Å². The number of carboxylic acid groups (broad SMARTS) is 1. The van der Waals surface area contributed by atoms with E-state index < -0.39 is 22.3 Å². The lowest BCUT2D eigenvalue weighted by Crippen LogP contribution is -2.05. The van der Waals surface area contributed by atoms with Gasteiger partial charge < -0.3 is 10.2 Å². The minimum Gasteiger partial charge on any atom is -0.501 e. The first-order chi connectivity index (χ1) is 13.5. The van der Waals surface area contributed by atoms with E-state index >= 15 is 0 Å². The molecule has 0 radical (unpaired) electrons. The van der Waals surface area contributed by atoms with Crippen LogP contribution in [0.3, 0.4) is 0 Å². The molecule has 28 heavy (non-hydrogen) atoms. The fourth-order valence-electron chi connectivity index (χ4n) is 3.55. The molecule has 0 aliphatic carbocycles. The summed E-state index contributed by atoms with van der Waals surface area (Å²) in [6.45, 7) is 2.24. The van der Waals surface area contributed by atoms with Crippen molar-refractivity contribution in [2.75, 3.05) is 0 Å². The topological polar surface area (TPSA) is 101 Å². The first kappa shape index (κ1) is 23.9. The molecule has 0 aliphatic rings. The van der Waals surface area contributed by atoms with Crippen LogP contribution in [0.1, 0.15) is 106 Å². The van der Waals surface area contributed by atoms with E-state index in [1.54, 1.807) is 0 Å². The molecule has 2 N–H and O–H groups in total. The van der Waals surface area contributed by atoms with Crippen LogP contribution < -0.4 is 0 Å². The molecule has 0 saturated heterocycles. The number of phenols is 1. The van der Waals surface area contributed by atoms with E-state index in [-0.39, 0.29) is 5.56 Å². The van der Waals surface area contributed by atoms with Crippen molar-refractivity contribution in [2.45, 2.75) is 96.8 Å². The van der Waals surface area contributed by atoms with Crippen molar-refractivity contribution < 1.29 is 19.9 Å². The molecule has 6 heteroatoms. The second kappa shape index (κ2) is 14.0. The standard InChI is InChI=1S/C22H35NO5/c1-2-3-4-5-6-7-8-9-10-11-12-13-14-15-18-16-17-19(23(27)28)21(24)20(18)22(25)26/h16-17,24H,2-15H2,1H3,(H,25,26). The number of carbonyl (C=O) groups is 1. The van der Waals surface area contributed by atoms with Crippen molar-refractivity contribution in [3.8, 4) is 5.75 Å². The highest BCUT2D eigenvalue weighted by molar-refractivity contribution is 5.94. The maximum atomic E-state index is 11.4. The van der Waals surface area contributed by atoms with Gasteiger partial charge in [0.25, 0.3) is 0 Å². The zero-order valence-electron chi connectivity index (χ0n) is 17.1. The number of rotatable bonds is 16. The number of aromatic hydroxyl groups is 1. The van der Waals surface area contributed by atoms with E-state index in [4.69, 9.17) is 0 Å². The molecular weight excluding hydrogens is 358 g/mol. The fourth-order valence-corrected chi connectivity index (χ4v) is 3.55. The maximum absolute atomic E-state index is 11.4. The summed E-state index contributed by atoms with van der Waals surface area (Å²) in [4.78, 5) is 21.4. The van der Waals surface area contributed by atoms with E-state index in [0.717, 1.165) is 19.3 Å². The number of hydrogen-bond acceptors (Lipinski definition) is 4. The zero-order chi connectivity index (χ0) is 20.8. The molecule has 0 unspecified atom stereocenters. The van der Waals surface area contributed by atoms with Crippen LogP contribution >= 0.6 is 0 Å². The maximum Gasteiger partial charge on any atom is 0.340 e. The summed E-state index contributed by atoms with van der Waals surface area (Å²) in [5.41, 5.74) is -0.446. The normalized spacial score (nSPS) is 10.9. The van der Waals surface area contributed by atoms with Crippen molar-refractivity contribution in [1.82, 2.24) is 0 Å². The number of nitrogens with zero attached hydrogens (tertiary/aromatic N) is 1. The molecule has 0 spiro atoms. The summed E-state index contributed by atoms with van der Waals surface area (Å²) in [6.07, 6.45) is 16.5. The molecule has 158 valence electrons. The first-order valence-electron chi connectivity index (χ1n) is 10.7. The number of hydrogen-bond donors (Lipinski definition) is 2. The second-order valence-electron chi connectivity index (χ2n) is 7.52. The predicted octanol–water partition coefficient (Wildman–Crippen LogP) is 6.63. The van der Waals surface area contributed by atoms with Crippen LogP contribution in [-0.2, 0) is 6.42 Å². The van der Waals surface area contributed by atoms with Gasteiger partial charge in [-0.15, -0.1) is 0 Å². The van der Waals surface area contributed by atoms with Crippen molar-refractivity contribution in [3.63, 3.8) is 0 Å². The van der Waals surface area contributed by atoms with Crippen molar-refractivity contribution >= 4 is 11.7 Å². The lowest BCUT2D eigenvalue weighted by Gasteiger charge is -2.08. The van der Waals surface area contributed by atoms with E-state index in [9.17, 15) is 25.1 Å². The van der Waals surface area contributed by atoms with Crippen LogP contribution in [0.15, 0.2) is 12.1 Å². The number of unbranched alkanes of at least 4 members (excludes halogenated alkanes) is 12. The molecule has 0 bridgehead atoms. The van der Waals surface area contributed by atoms with Gasteiger partial charge in [-0.2, -0.15) is 0 Å². The summed E-state index contributed by atoms with van der Waals surface area (Å²) in [7, 11) is 0. The lowest BCUT2D eigenvalue weighted by atomic mass is 9.98. The van der Waals surface area contributed by atoms with Gasteiger partial charge in [-0.1, -0.05) is 90.0 Å². The Kier molecular flexibility index (Phi) is 11.9. The van der Waals surface area contributed by atoms with Crippen LogP contribution in [-0.4, -0.2) is 21.1 Å². The Morgan fingerprint density at radius 2 is 1.36 bits per heavy atom. The monoisotopic (exact) mass is 393 g/mol. The zero-order valence-corrected chi connectivity index (χ0v) is 17.1. The lowest BCUT2D eigenvalue weighted by molar-refractivity contribution is -0.385. The summed E-state index contributed by atoms with van der Waals surface area (Å²) in [6, 6.07) is 2.63. The van der Waals surface area contributed by atoms with E-state index in [2.05, 4.69) is 6.92 Å². The number of benzene rings is 1. The molecule has 0 aliphatic heterocycles. The molecule has 0 aromatic heterocycles. The molecule has 0 saturated carbocycles. The SMILES string of the molecule is CCCCCCCCCCCCCCCc1ccc([N+](=O)[O-])c(O)c1C(=O)O. The molecule has 0 heterocycles. The van der Waals surface area contributed by atoms with Crippen molar-refractivity contribution in [2.24, 2.45) is 0 Å². The Morgan fingerprint density at radius 3 is 1.79 bits per heavy atom.